The molecule has 1 aromatic heterocycles. The Morgan fingerprint density at radius 2 is 2.04 bits per heavy atom. The van der Waals surface area contributed by atoms with Crippen molar-refractivity contribution in [2.24, 2.45) is 0 Å². The molecule has 0 aliphatic carbocycles. The van der Waals surface area contributed by atoms with Gasteiger partial charge in [0, 0.05) is 28.4 Å². The molecule has 1 N–H and O–H groups in total. The summed E-state index contributed by atoms with van der Waals surface area (Å²) in [4.78, 5) is 12.1. The summed E-state index contributed by atoms with van der Waals surface area (Å²) in [7, 11) is 0. The first-order valence-corrected chi connectivity index (χ1v) is 8.10. The van der Waals surface area contributed by atoms with Crippen molar-refractivity contribution >= 4 is 28.5 Å². The Hall–Kier alpha value is -2.33. The predicted molar refractivity (Wildman–Crippen MR) is 92.6 cm³/mol. The van der Waals surface area contributed by atoms with E-state index >= 15 is 0 Å². The Balaban J connectivity index is 1.62. The highest BCUT2D eigenvalue weighted by Crippen LogP contribution is 2.21. The average molecular weight is 346 g/mol. The molecular weight excluding hydrogens is 329 g/mol. The van der Waals surface area contributed by atoms with Gasteiger partial charge in [-0.05, 0) is 31.2 Å². The highest BCUT2D eigenvalue weighted by molar-refractivity contribution is 6.31. The third-order valence-corrected chi connectivity index (χ3v) is 4.14. The largest absolute Gasteiger partial charge is 0.461 e. The topological polar surface area (TPSA) is 42.2 Å². The van der Waals surface area contributed by atoms with E-state index in [0.717, 1.165) is 16.7 Å². The first-order chi connectivity index (χ1) is 11.5. The molecule has 0 aliphatic rings. The van der Waals surface area contributed by atoms with E-state index in [1.165, 1.54) is 12.1 Å². The summed E-state index contributed by atoms with van der Waals surface area (Å²) in [5, 5.41) is 4.14. The SMILES string of the molecule is CC(Cc1cc2ccccc2o1)NC(=O)Cc1c(F)cccc1Cl. The average Bonchev–Trinajstić information content (AvgIpc) is 2.93. The molecule has 1 unspecified atom stereocenters. The Labute approximate surface area is 144 Å². The third kappa shape index (κ3) is 3.77. The first kappa shape index (κ1) is 16.5. The maximum Gasteiger partial charge on any atom is 0.224 e. The minimum Gasteiger partial charge on any atom is -0.461 e. The number of fused-ring (bicyclic) bond motifs is 1. The van der Waals surface area contributed by atoms with Gasteiger partial charge in [-0.1, -0.05) is 35.9 Å². The van der Waals surface area contributed by atoms with Crippen molar-refractivity contribution in [2.75, 3.05) is 0 Å². The lowest BCUT2D eigenvalue weighted by atomic mass is 10.1. The minimum absolute atomic E-state index is 0.0873. The fourth-order valence-electron chi connectivity index (χ4n) is 2.68. The van der Waals surface area contributed by atoms with Gasteiger partial charge in [-0.2, -0.15) is 0 Å². The highest BCUT2D eigenvalue weighted by Gasteiger charge is 2.15. The van der Waals surface area contributed by atoms with Crippen LogP contribution in [0.3, 0.4) is 0 Å². The zero-order valence-corrected chi connectivity index (χ0v) is 13.9. The van der Waals surface area contributed by atoms with E-state index in [4.69, 9.17) is 16.0 Å². The van der Waals surface area contributed by atoms with Gasteiger partial charge in [0.15, 0.2) is 0 Å². The second-order valence-corrected chi connectivity index (χ2v) is 6.21. The number of furan rings is 1. The van der Waals surface area contributed by atoms with Crippen molar-refractivity contribution in [2.45, 2.75) is 25.8 Å². The van der Waals surface area contributed by atoms with Crippen LogP contribution in [0.25, 0.3) is 11.0 Å². The van der Waals surface area contributed by atoms with Gasteiger partial charge in [-0.15, -0.1) is 0 Å². The molecule has 0 fully saturated rings. The van der Waals surface area contributed by atoms with Crippen LogP contribution in [0.15, 0.2) is 52.9 Å². The van der Waals surface area contributed by atoms with E-state index in [1.54, 1.807) is 6.07 Å². The maximum atomic E-state index is 13.7. The molecule has 0 bridgehead atoms. The maximum absolute atomic E-state index is 13.7. The molecule has 24 heavy (non-hydrogen) atoms. The van der Waals surface area contributed by atoms with Crippen LogP contribution in [0.1, 0.15) is 18.2 Å². The van der Waals surface area contributed by atoms with Crippen molar-refractivity contribution in [3.05, 3.63) is 70.7 Å². The van der Waals surface area contributed by atoms with Crippen molar-refractivity contribution in [3.8, 4) is 0 Å². The van der Waals surface area contributed by atoms with E-state index in [2.05, 4.69) is 5.32 Å². The molecule has 3 nitrogen and oxygen atoms in total. The molecule has 2 aromatic carbocycles. The van der Waals surface area contributed by atoms with Gasteiger partial charge in [-0.3, -0.25) is 4.79 Å². The lowest BCUT2D eigenvalue weighted by Crippen LogP contribution is -2.35. The summed E-state index contributed by atoms with van der Waals surface area (Å²) >= 11 is 5.95. The zero-order valence-electron chi connectivity index (χ0n) is 13.2. The lowest BCUT2D eigenvalue weighted by molar-refractivity contribution is -0.121. The van der Waals surface area contributed by atoms with Gasteiger partial charge < -0.3 is 9.73 Å². The smallest absolute Gasteiger partial charge is 0.224 e. The molecule has 1 heterocycles. The minimum atomic E-state index is -0.470. The van der Waals surface area contributed by atoms with Crippen molar-refractivity contribution < 1.29 is 13.6 Å². The fraction of sp³-hybridized carbons (Fsp3) is 0.211. The molecule has 0 saturated heterocycles. The van der Waals surface area contributed by atoms with Crippen LogP contribution in [-0.2, 0) is 17.6 Å². The van der Waals surface area contributed by atoms with Crippen LogP contribution in [0, 0.1) is 5.82 Å². The summed E-state index contributed by atoms with van der Waals surface area (Å²) < 4.78 is 19.5. The number of hydrogen-bond donors (Lipinski definition) is 1. The number of carbonyl (C=O) groups is 1. The Morgan fingerprint density at radius 3 is 2.79 bits per heavy atom. The van der Waals surface area contributed by atoms with E-state index in [9.17, 15) is 9.18 Å². The summed E-state index contributed by atoms with van der Waals surface area (Å²) in [6.07, 6.45) is 0.474. The van der Waals surface area contributed by atoms with Gasteiger partial charge in [0.1, 0.15) is 17.2 Å². The van der Waals surface area contributed by atoms with E-state index in [0.29, 0.717) is 6.42 Å². The molecule has 124 valence electrons. The van der Waals surface area contributed by atoms with Gasteiger partial charge >= 0.3 is 0 Å². The zero-order chi connectivity index (χ0) is 17.1. The second-order valence-electron chi connectivity index (χ2n) is 5.80. The summed E-state index contributed by atoms with van der Waals surface area (Å²) in [5.41, 5.74) is 1.04. The van der Waals surface area contributed by atoms with Crippen LogP contribution in [0.5, 0.6) is 0 Å². The monoisotopic (exact) mass is 345 g/mol. The van der Waals surface area contributed by atoms with Crippen LogP contribution < -0.4 is 5.32 Å². The van der Waals surface area contributed by atoms with Crippen molar-refractivity contribution in [1.29, 1.82) is 0 Å². The molecule has 0 spiro atoms. The molecule has 1 atom stereocenters. The molecule has 3 aromatic rings. The third-order valence-electron chi connectivity index (χ3n) is 3.79. The van der Waals surface area contributed by atoms with Gasteiger partial charge in [-0.25, -0.2) is 4.39 Å². The molecule has 1 amide bonds. The Bertz CT molecular complexity index is 821. The summed E-state index contributed by atoms with van der Waals surface area (Å²) in [6.45, 7) is 1.88. The second kappa shape index (κ2) is 7.05. The van der Waals surface area contributed by atoms with Crippen LogP contribution in [0.4, 0.5) is 4.39 Å². The number of para-hydroxylation sites is 1. The number of nitrogens with one attached hydrogen (secondary N) is 1. The van der Waals surface area contributed by atoms with Crippen LogP contribution >= 0.6 is 11.6 Å². The fourth-order valence-corrected chi connectivity index (χ4v) is 2.91. The van der Waals surface area contributed by atoms with Crippen molar-refractivity contribution in [1.82, 2.24) is 5.32 Å². The molecule has 0 saturated carbocycles. The van der Waals surface area contributed by atoms with Crippen LogP contribution in [0.2, 0.25) is 5.02 Å². The number of rotatable bonds is 5. The summed E-state index contributed by atoms with van der Waals surface area (Å²) in [5.74, 6) is 0.0566. The van der Waals surface area contributed by atoms with Gasteiger partial charge in [0.2, 0.25) is 5.91 Å². The van der Waals surface area contributed by atoms with E-state index in [-0.39, 0.29) is 29.0 Å². The Kier molecular flexibility index (Phi) is 4.86. The standard InChI is InChI=1S/C19H17ClFNO2/c1-12(9-14-10-13-5-2-3-8-18(13)24-14)22-19(23)11-15-16(20)6-4-7-17(15)21/h2-8,10,12H,9,11H2,1H3,(H,22,23). The molecule has 3 rings (SSSR count). The summed E-state index contributed by atoms with van der Waals surface area (Å²) in [6, 6.07) is 14.0. The highest BCUT2D eigenvalue weighted by atomic mass is 35.5. The number of benzene rings is 2. The van der Waals surface area contributed by atoms with Gasteiger partial charge in [0.05, 0.1) is 6.42 Å². The Morgan fingerprint density at radius 1 is 1.25 bits per heavy atom. The van der Waals surface area contributed by atoms with Gasteiger partial charge in [0.25, 0.3) is 0 Å². The molecule has 0 aliphatic heterocycles. The van der Waals surface area contributed by atoms with E-state index < -0.39 is 5.82 Å². The van der Waals surface area contributed by atoms with Crippen molar-refractivity contribution in [3.63, 3.8) is 0 Å². The molecular formula is C19H17ClFNO2. The predicted octanol–water partition coefficient (Wildman–Crippen LogP) is 4.52. The molecule has 5 heteroatoms. The number of hydrogen-bond acceptors (Lipinski definition) is 2. The van der Waals surface area contributed by atoms with E-state index in [1.807, 2.05) is 37.3 Å². The van der Waals surface area contributed by atoms with Crippen LogP contribution in [-0.4, -0.2) is 11.9 Å². The lowest BCUT2D eigenvalue weighted by Gasteiger charge is -2.13. The number of carbonyl (C=O) groups excluding carboxylic acids is 1. The number of halogens is 2. The number of amides is 1. The quantitative estimate of drug-likeness (QED) is 0.739. The molecule has 0 radical (unpaired) electrons. The first-order valence-electron chi connectivity index (χ1n) is 7.72. The normalized spacial score (nSPS) is 12.3.